The van der Waals surface area contributed by atoms with Crippen molar-refractivity contribution in [2.24, 2.45) is 4.99 Å². The molecule has 0 N–H and O–H groups in total. The molecule has 5 nitrogen and oxygen atoms in total. The molecule has 0 unspecified atom stereocenters. The van der Waals surface area contributed by atoms with Crippen molar-refractivity contribution in [3.05, 3.63) is 52.3 Å². The predicted molar refractivity (Wildman–Crippen MR) is 125 cm³/mol. The maximum absolute atomic E-state index is 12.6. The molecule has 0 spiro atoms. The van der Waals surface area contributed by atoms with Crippen molar-refractivity contribution in [2.45, 2.75) is 38.6 Å². The van der Waals surface area contributed by atoms with Crippen LogP contribution < -0.4 is 9.54 Å². The number of carbonyl (C=O) groups excluding carboxylic acids is 1. The van der Waals surface area contributed by atoms with Crippen molar-refractivity contribution in [1.82, 2.24) is 4.57 Å². The van der Waals surface area contributed by atoms with Gasteiger partial charge in [-0.15, -0.1) is 11.8 Å². The molecule has 0 radical (unpaired) electrons. The summed E-state index contributed by atoms with van der Waals surface area (Å²) in [4.78, 5) is 18.9. The molecule has 1 heterocycles. The lowest BCUT2D eigenvalue weighted by atomic mass is 10.1. The first-order valence-corrected chi connectivity index (χ1v) is 11.8. The maximum Gasteiger partial charge on any atom is 0.249 e. The Morgan fingerprint density at radius 3 is 2.67 bits per heavy atom. The van der Waals surface area contributed by atoms with E-state index in [4.69, 9.17) is 9.47 Å². The molecule has 1 amide bonds. The average molecular weight is 445 g/mol. The lowest BCUT2D eigenvalue weighted by Gasteiger charge is -2.07. The second-order valence-electron chi connectivity index (χ2n) is 6.94. The molecule has 0 aliphatic rings. The number of thioether (sulfide) groups is 1. The molecule has 30 heavy (non-hydrogen) atoms. The quantitative estimate of drug-likeness (QED) is 0.345. The molecule has 0 bridgehead atoms. The molecule has 0 atom stereocenters. The van der Waals surface area contributed by atoms with Crippen LogP contribution in [0.2, 0.25) is 0 Å². The second kappa shape index (κ2) is 10.8. The lowest BCUT2D eigenvalue weighted by Crippen LogP contribution is -2.19. The second-order valence-corrected chi connectivity index (χ2v) is 9.09. The van der Waals surface area contributed by atoms with E-state index < -0.39 is 0 Å². The zero-order valence-electron chi connectivity index (χ0n) is 17.9. The van der Waals surface area contributed by atoms with Gasteiger partial charge in [0.1, 0.15) is 5.75 Å². The van der Waals surface area contributed by atoms with E-state index in [0.717, 1.165) is 21.0 Å². The number of ether oxygens (including phenoxy) is 2. The Kier molecular flexibility index (Phi) is 8.13. The minimum atomic E-state index is -0.0953. The topological polar surface area (TPSA) is 52.8 Å². The molecule has 7 heteroatoms. The Labute approximate surface area is 185 Å². The van der Waals surface area contributed by atoms with Crippen molar-refractivity contribution in [1.29, 1.82) is 0 Å². The average Bonchev–Trinajstić information content (AvgIpc) is 3.06. The van der Waals surface area contributed by atoms with Crippen LogP contribution in [0.4, 0.5) is 0 Å². The van der Waals surface area contributed by atoms with Crippen LogP contribution in [0, 0.1) is 13.8 Å². The molecule has 0 saturated carbocycles. The monoisotopic (exact) mass is 444 g/mol. The van der Waals surface area contributed by atoms with Crippen molar-refractivity contribution in [3.8, 4) is 5.75 Å². The molecular weight excluding hydrogens is 416 g/mol. The van der Waals surface area contributed by atoms with Crippen LogP contribution in [0.15, 0.2) is 46.3 Å². The standard InChI is InChI=1S/C23H28N2O3S2/c1-5-28-12-11-25-20-15-16(2)14-17(3)22(20)30-23(25)24-21(26)10-13-29-19-8-6-18(27-4)7-9-19/h6-9,14-15H,5,10-13H2,1-4H3. The normalized spacial score (nSPS) is 11.9. The number of aromatic nitrogens is 1. The Hall–Kier alpha value is -2.09. The highest BCUT2D eigenvalue weighted by atomic mass is 32.2. The number of amides is 1. The van der Waals surface area contributed by atoms with E-state index in [1.807, 2.05) is 31.2 Å². The Balaban J connectivity index is 1.76. The molecule has 3 rings (SSSR count). The highest BCUT2D eigenvalue weighted by Gasteiger charge is 2.11. The predicted octanol–water partition coefficient (Wildman–Crippen LogP) is 4.97. The SMILES string of the molecule is CCOCCn1c(=NC(=O)CCSc2ccc(OC)cc2)sc2c(C)cc(C)cc21. The number of methoxy groups -OCH3 is 1. The summed E-state index contributed by atoms with van der Waals surface area (Å²) in [6.07, 6.45) is 0.397. The first-order chi connectivity index (χ1) is 14.5. The van der Waals surface area contributed by atoms with Gasteiger partial charge in [0.25, 0.3) is 0 Å². The van der Waals surface area contributed by atoms with Crippen LogP contribution in [-0.2, 0) is 16.1 Å². The molecule has 3 aromatic rings. The van der Waals surface area contributed by atoms with Crippen molar-refractivity contribution < 1.29 is 14.3 Å². The van der Waals surface area contributed by atoms with Crippen molar-refractivity contribution >= 4 is 39.2 Å². The highest BCUT2D eigenvalue weighted by molar-refractivity contribution is 7.99. The van der Waals surface area contributed by atoms with E-state index >= 15 is 0 Å². The third-order valence-electron chi connectivity index (χ3n) is 4.64. The number of hydrogen-bond acceptors (Lipinski definition) is 5. The Morgan fingerprint density at radius 1 is 1.20 bits per heavy atom. The summed E-state index contributed by atoms with van der Waals surface area (Å²) < 4.78 is 14.0. The molecule has 2 aromatic carbocycles. The zero-order chi connectivity index (χ0) is 21.5. The summed E-state index contributed by atoms with van der Waals surface area (Å²) in [5.41, 5.74) is 3.54. The van der Waals surface area contributed by atoms with Gasteiger partial charge in [0, 0.05) is 30.2 Å². The number of fused-ring (bicyclic) bond motifs is 1. The van der Waals surface area contributed by atoms with E-state index in [1.165, 1.54) is 15.8 Å². The molecule has 0 aliphatic carbocycles. The zero-order valence-corrected chi connectivity index (χ0v) is 19.6. The highest BCUT2D eigenvalue weighted by Crippen LogP contribution is 2.24. The molecule has 0 fully saturated rings. The van der Waals surface area contributed by atoms with E-state index in [1.54, 1.807) is 30.2 Å². The van der Waals surface area contributed by atoms with Crippen LogP contribution in [0.5, 0.6) is 5.75 Å². The third kappa shape index (κ3) is 5.74. The lowest BCUT2D eigenvalue weighted by molar-refractivity contribution is -0.117. The number of hydrogen-bond donors (Lipinski definition) is 0. The fourth-order valence-electron chi connectivity index (χ4n) is 3.20. The minimum Gasteiger partial charge on any atom is -0.497 e. The van der Waals surface area contributed by atoms with Crippen LogP contribution in [0.1, 0.15) is 24.5 Å². The van der Waals surface area contributed by atoms with Crippen LogP contribution in [-0.4, -0.2) is 36.6 Å². The molecule has 1 aromatic heterocycles. The Morgan fingerprint density at radius 2 is 1.97 bits per heavy atom. The fraction of sp³-hybridized carbons (Fsp3) is 0.391. The summed E-state index contributed by atoms with van der Waals surface area (Å²) in [6.45, 7) is 8.15. The molecule has 0 saturated heterocycles. The number of nitrogens with zero attached hydrogens (tertiary/aromatic N) is 2. The maximum atomic E-state index is 12.6. The van der Waals surface area contributed by atoms with E-state index in [2.05, 4.69) is 35.5 Å². The molecule has 0 aliphatic heterocycles. The van der Waals surface area contributed by atoms with E-state index in [-0.39, 0.29) is 5.91 Å². The van der Waals surface area contributed by atoms with Gasteiger partial charge >= 0.3 is 0 Å². The van der Waals surface area contributed by atoms with Gasteiger partial charge in [0.05, 0.1) is 23.9 Å². The Bertz CT molecular complexity index is 1070. The van der Waals surface area contributed by atoms with E-state index in [9.17, 15) is 4.79 Å². The number of benzene rings is 2. The van der Waals surface area contributed by atoms with Gasteiger partial charge in [0.2, 0.25) is 5.91 Å². The first kappa shape index (κ1) is 22.6. The van der Waals surface area contributed by atoms with Gasteiger partial charge in [-0.1, -0.05) is 17.4 Å². The van der Waals surface area contributed by atoms with Gasteiger partial charge in [-0.25, -0.2) is 0 Å². The third-order valence-corrected chi connectivity index (χ3v) is 6.89. The summed E-state index contributed by atoms with van der Waals surface area (Å²) in [5.74, 6) is 1.43. The van der Waals surface area contributed by atoms with Gasteiger partial charge in [0.15, 0.2) is 4.80 Å². The summed E-state index contributed by atoms with van der Waals surface area (Å²) >= 11 is 3.23. The summed E-state index contributed by atoms with van der Waals surface area (Å²) in [6, 6.07) is 12.2. The number of carbonyl (C=O) groups is 1. The summed E-state index contributed by atoms with van der Waals surface area (Å²) in [7, 11) is 1.65. The van der Waals surface area contributed by atoms with Crippen LogP contribution in [0.25, 0.3) is 10.2 Å². The van der Waals surface area contributed by atoms with Gasteiger partial charge in [-0.2, -0.15) is 4.99 Å². The summed E-state index contributed by atoms with van der Waals surface area (Å²) in [5, 5.41) is 0. The first-order valence-electron chi connectivity index (χ1n) is 10.0. The minimum absolute atomic E-state index is 0.0953. The van der Waals surface area contributed by atoms with Crippen molar-refractivity contribution in [2.75, 3.05) is 26.1 Å². The van der Waals surface area contributed by atoms with E-state index in [0.29, 0.717) is 31.9 Å². The van der Waals surface area contributed by atoms with Gasteiger partial charge < -0.3 is 14.0 Å². The smallest absolute Gasteiger partial charge is 0.249 e. The van der Waals surface area contributed by atoms with Gasteiger partial charge in [-0.3, -0.25) is 4.79 Å². The largest absolute Gasteiger partial charge is 0.497 e. The molecular formula is C23H28N2O3S2. The number of rotatable bonds is 9. The van der Waals surface area contributed by atoms with Crippen LogP contribution >= 0.6 is 23.1 Å². The molecule has 160 valence electrons. The number of aryl methyl sites for hydroxylation is 2. The number of thiazole rings is 1. The van der Waals surface area contributed by atoms with Gasteiger partial charge in [-0.05, 0) is 62.2 Å². The fourth-order valence-corrected chi connectivity index (χ4v) is 5.17. The van der Waals surface area contributed by atoms with Crippen molar-refractivity contribution in [3.63, 3.8) is 0 Å². The van der Waals surface area contributed by atoms with Crippen LogP contribution in [0.3, 0.4) is 0 Å².